The molecule has 0 saturated carbocycles. The Morgan fingerprint density at radius 2 is 1.92 bits per heavy atom. The van der Waals surface area contributed by atoms with Gasteiger partial charge >= 0.3 is 0 Å². The van der Waals surface area contributed by atoms with Crippen LogP contribution in [0, 0.1) is 0 Å². The Hall–Kier alpha value is -1.69. The number of nitrogens with one attached hydrogen (secondary N) is 1. The van der Waals surface area contributed by atoms with E-state index in [-0.39, 0.29) is 11.9 Å². The SMILES string of the molecule is O=C(c1cccs1)N1Cc2ccccc2C[C@H]1CN1CCNCC1. The molecule has 126 valence electrons. The van der Waals surface area contributed by atoms with Crippen LogP contribution in [-0.4, -0.2) is 54.5 Å². The zero-order valence-electron chi connectivity index (χ0n) is 13.8. The highest BCUT2D eigenvalue weighted by molar-refractivity contribution is 7.12. The molecule has 1 atom stereocenters. The van der Waals surface area contributed by atoms with Gasteiger partial charge in [0.2, 0.25) is 0 Å². The van der Waals surface area contributed by atoms with E-state index in [0.717, 1.165) is 50.6 Å². The van der Waals surface area contributed by atoms with Crippen LogP contribution in [0.1, 0.15) is 20.8 Å². The van der Waals surface area contributed by atoms with Crippen molar-refractivity contribution in [2.45, 2.75) is 19.0 Å². The summed E-state index contributed by atoms with van der Waals surface area (Å²) < 4.78 is 0. The van der Waals surface area contributed by atoms with Crippen molar-refractivity contribution in [3.8, 4) is 0 Å². The molecule has 0 spiro atoms. The lowest BCUT2D eigenvalue weighted by atomic mass is 9.93. The van der Waals surface area contributed by atoms with Crippen LogP contribution < -0.4 is 5.32 Å². The number of amides is 1. The van der Waals surface area contributed by atoms with Crippen molar-refractivity contribution < 1.29 is 4.79 Å². The van der Waals surface area contributed by atoms with Crippen molar-refractivity contribution >= 4 is 17.2 Å². The maximum atomic E-state index is 13.0. The van der Waals surface area contributed by atoms with Crippen molar-refractivity contribution in [1.82, 2.24) is 15.1 Å². The third-order valence-corrected chi connectivity index (χ3v) is 5.88. The van der Waals surface area contributed by atoms with Crippen molar-refractivity contribution in [2.24, 2.45) is 0 Å². The molecule has 1 aromatic carbocycles. The first-order chi connectivity index (χ1) is 11.8. The molecule has 2 aromatic rings. The molecule has 5 heteroatoms. The van der Waals surface area contributed by atoms with Gasteiger partial charge in [0.1, 0.15) is 0 Å². The summed E-state index contributed by atoms with van der Waals surface area (Å²) in [6.45, 7) is 5.92. The molecule has 1 fully saturated rings. The summed E-state index contributed by atoms with van der Waals surface area (Å²) in [5.74, 6) is 0.180. The van der Waals surface area contributed by atoms with Crippen LogP contribution in [0.25, 0.3) is 0 Å². The molecule has 3 heterocycles. The van der Waals surface area contributed by atoms with E-state index in [2.05, 4.69) is 39.4 Å². The van der Waals surface area contributed by atoms with Gasteiger partial charge in [0.15, 0.2) is 0 Å². The van der Waals surface area contributed by atoms with E-state index < -0.39 is 0 Å². The second kappa shape index (κ2) is 7.05. The number of carbonyl (C=O) groups excluding carboxylic acids is 1. The average Bonchev–Trinajstić information content (AvgIpc) is 3.16. The smallest absolute Gasteiger partial charge is 0.264 e. The fourth-order valence-corrected chi connectivity index (χ4v) is 4.40. The topological polar surface area (TPSA) is 35.6 Å². The van der Waals surface area contributed by atoms with E-state index in [4.69, 9.17) is 0 Å². The minimum Gasteiger partial charge on any atom is -0.329 e. The summed E-state index contributed by atoms with van der Waals surface area (Å²) in [5.41, 5.74) is 2.69. The molecule has 2 aliphatic rings. The van der Waals surface area contributed by atoms with E-state index in [9.17, 15) is 4.79 Å². The molecule has 1 aromatic heterocycles. The van der Waals surface area contributed by atoms with Crippen LogP contribution in [-0.2, 0) is 13.0 Å². The average molecular weight is 341 g/mol. The summed E-state index contributed by atoms with van der Waals surface area (Å²) in [6.07, 6.45) is 0.956. The third-order valence-electron chi connectivity index (χ3n) is 5.03. The molecular weight excluding hydrogens is 318 g/mol. The Bertz CT molecular complexity index is 694. The minimum absolute atomic E-state index is 0.180. The highest BCUT2D eigenvalue weighted by Crippen LogP contribution is 2.26. The predicted molar refractivity (Wildman–Crippen MR) is 97.4 cm³/mol. The summed E-state index contributed by atoms with van der Waals surface area (Å²) in [7, 11) is 0. The molecule has 4 nitrogen and oxygen atoms in total. The molecule has 0 aliphatic carbocycles. The van der Waals surface area contributed by atoms with Gasteiger partial charge in [-0.1, -0.05) is 30.3 Å². The molecule has 24 heavy (non-hydrogen) atoms. The van der Waals surface area contributed by atoms with Gasteiger partial charge in [0.25, 0.3) is 5.91 Å². The Labute approximate surface area is 147 Å². The number of carbonyl (C=O) groups is 1. The van der Waals surface area contributed by atoms with E-state index in [0.29, 0.717) is 0 Å². The summed E-state index contributed by atoms with van der Waals surface area (Å²) in [6, 6.07) is 12.7. The van der Waals surface area contributed by atoms with Gasteiger partial charge in [-0.25, -0.2) is 0 Å². The van der Waals surface area contributed by atoms with Crippen molar-refractivity contribution in [3.05, 3.63) is 57.8 Å². The van der Waals surface area contributed by atoms with Crippen LogP contribution in [0.5, 0.6) is 0 Å². The maximum Gasteiger partial charge on any atom is 0.264 e. The van der Waals surface area contributed by atoms with Crippen molar-refractivity contribution in [2.75, 3.05) is 32.7 Å². The molecule has 0 unspecified atom stereocenters. The first-order valence-corrected chi connectivity index (χ1v) is 9.53. The molecule has 1 saturated heterocycles. The minimum atomic E-state index is 0.180. The monoisotopic (exact) mass is 341 g/mol. The first-order valence-electron chi connectivity index (χ1n) is 8.65. The highest BCUT2D eigenvalue weighted by Gasteiger charge is 2.32. The van der Waals surface area contributed by atoms with Crippen LogP contribution in [0.15, 0.2) is 41.8 Å². The maximum absolute atomic E-state index is 13.0. The van der Waals surface area contributed by atoms with Crippen molar-refractivity contribution in [3.63, 3.8) is 0 Å². The second-order valence-electron chi connectivity index (χ2n) is 6.59. The fraction of sp³-hybridized carbons (Fsp3) is 0.421. The molecule has 1 amide bonds. The fourth-order valence-electron chi connectivity index (χ4n) is 3.72. The number of fused-ring (bicyclic) bond motifs is 1. The number of hydrogen-bond acceptors (Lipinski definition) is 4. The Morgan fingerprint density at radius 3 is 2.67 bits per heavy atom. The lowest BCUT2D eigenvalue weighted by Gasteiger charge is -2.40. The predicted octanol–water partition coefficient (Wildman–Crippen LogP) is 2.22. The van der Waals surface area contributed by atoms with Crippen LogP contribution in [0.2, 0.25) is 0 Å². The van der Waals surface area contributed by atoms with Crippen LogP contribution >= 0.6 is 11.3 Å². The van der Waals surface area contributed by atoms with E-state index in [1.165, 1.54) is 22.5 Å². The standard InChI is InChI=1S/C19H23N3OS/c23-19(18-6-3-11-24-18)22-13-16-5-2-1-4-15(16)12-17(22)14-21-9-7-20-8-10-21/h1-6,11,17,20H,7-10,12-14H2/t17-/m0/s1. The Balaban J connectivity index is 1.58. The van der Waals surface area contributed by atoms with Gasteiger partial charge in [-0.15, -0.1) is 11.3 Å². The van der Waals surface area contributed by atoms with Crippen LogP contribution in [0.4, 0.5) is 0 Å². The van der Waals surface area contributed by atoms with Gasteiger partial charge in [0, 0.05) is 45.3 Å². The number of thiophene rings is 1. The molecule has 0 bridgehead atoms. The largest absolute Gasteiger partial charge is 0.329 e. The molecule has 2 aliphatic heterocycles. The quantitative estimate of drug-likeness (QED) is 0.930. The van der Waals surface area contributed by atoms with E-state index >= 15 is 0 Å². The summed E-state index contributed by atoms with van der Waals surface area (Å²) >= 11 is 1.54. The normalized spacial score (nSPS) is 21.5. The zero-order valence-corrected chi connectivity index (χ0v) is 14.6. The third kappa shape index (κ3) is 3.24. The highest BCUT2D eigenvalue weighted by atomic mass is 32.1. The second-order valence-corrected chi connectivity index (χ2v) is 7.54. The lowest BCUT2D eigenvalue weighted by molar-refractivity contribution is 0.0576. The number of rotatable bonds is 3. The number of hydrogen-bond donors (Lipinski definition) is 1. The number of benzene rings is 1. The van der Waals surface area contributed by atoms with Gasteiger partial charge in [-0.3, -0.25) is 9.69 Å². The molecule has 4 rings (SSSR count). The Kier molecular flexibility index (Phi) is 4.65. The van der Waals surface area contributed by atoms with Crippen LogP contribution in [0.3, 0.4) is 0 Å². The summed E-state index contributed by atoms with van der Waals surface area (Å²) in [4.78, 5) is 18.5. The number of piperazine rings is 1. The zero-order chi connectivity index (χ0) is 16.4. The van der Waals surface area contributed by atoms with Gasteiger partial charge in [0.05, 0.1) is 4.88 Å². The van der Waals surface area contributed by atoms with Gasteiger partial charge in [-0.05, 0) is 29.0 Å². The van der Waals surface area contributed by atoms with Crippen molar-refractivity contribution in [1.29, 1.82) is 0 Å². The number of nitrogens with zero attached hydrogens (tertiary/aromatic N) is 2. The van der Waals surface area contributed by atoms with Gasteiger partial charge in [-0.2, -0.15) is 0 Å². The molecule has 0 radical (unpaired) electrons. The molecule has 1 N–H and O–H groups in total. The van der Waals surface area contributed by atoms with E-state index in [1.54, 1.807) is 0 Å². The Morgan fingerprint density at radius 1 is 1.12 bits per heavy atom. The first kappa shape index (κ1) is 15.8. The molecular formula is C19H23N3OS. The van der Waals surface area contributed by atoms with Gasteiger partial charge < -0.3 is 10.2 Å². The lowest BCUT2D eigenvalue weighted by Crippen LogP contribution is -2.53. The summed E-state index contributed by atoms with van der Waals surface area (Å²) in [5, 5.41) is 5.39. The van der Waals surface area contributed by atoms with E-state index in [1.807, 2.05) is 17.5 Å².